The summed E-state index contributed by atoms with van der Waals surface area (Å²) in [5.74, 6) is -1.06. The number of likely N-dealkylation sites (tertiary alicyclic amines) is 1. The van der Waals surface area contributed by atoms with Gasteiger partial charge in [0.25, 0.3) is 5.91 Å². The molecular weight excluding hydrogens is 422 g/mol. The molecule has 5 rings (SSSR count). The number of esters is 1. The lowest BCUT2D eigenvalue weighted by molar-refractivity contribution is -0.156. The number of rotatable bonds is 4. The summed E-state index contributed by atoms with van der Waals surface area (Å²) < 4.78 is 5.74. The normalized spacial score (nSPS) is 29.6. The van der Waals surface area contributed by atoms with Crippen LogP contribution in [-0.4, -0.2) is 52.9 Å². The molecule has 2 N–H and O–H groups in total. The van der Waals surface area contributed by atoms with Gasteiger partial charge < -0.3 is 15.0 Å². The van der Waals surface area contributed by atoms with E-state index < -0.39 is 23.1 Å². The number of hydrogen-bond acceptors (Lipinski definition) is 5. The van der Waals surface area contributed by atoms with Crippen molar-refractivity contribution in [2.24, 2.45) is 11.8 Å². The Hall–Kier alpha value is -2.90. The number of imide groups is 1. The van der Waals surface area contributed by atoms with E-state index in [1.165, 1.54) is 0 Å². The van der Waals surface area contributed by atoms with Gasteiger partial charge in [-0.3, -0.25) is 19.7 Å². The molecule has 3 heterocycles. The van der Waals surface area contributed by atoms with Crippen LogP contribution in [0.3, 0.4) is 0 Å². The van der Waals surface area contributed by atoms with Gasteiger partial charge in [-0.05, 0) is 50.0 Å². The van der Waals surface area contributed by atoms with Crippen LogP contribution in [0.2, 0.25) is 0 Å². The van der Waals surface area contributed by atoms with Crippen LogP contribution >= 0.6 is 0 Å². The molecule has 176 valence electrons. The molecule has 1 saturated carbocycles. The second-order valence-corrected chi connectivity index (χ2v) is 10.00. The molecule has 33 heavy (non-hydrogen) atoms. The van der Waals surface area contributed by atoms with Crippen LogP contribution < -0.4 is 10.6 Å². The Labute approximate surface area is 193 Å². The van der Waals surface area contributed by atoms with Crippen LogP contribution in [0.25, 0.3) is 0 Å². The number of nitrogens with one attached hydrogen (secondary N) is 2. The van der Waals surface area contributed by atoms with Crippen molar-refractivity contribution < 1.29 is 23.9 Å². The van der Waals surface area contributed by atoms with Crippen LogP contribution in [0.4, 0.5) is 4.79 Å². The molecule has 0 bridgehead atoms. The Balaban J connectivity index is 1.30. The quantitative estimate of drug-likeness (QED) is 0.538. The molecule has 3 saturated heterocycles. The Bertz CT molecular complexity index is 950. The van der Waals surface area contributed by atoms with E-state index in [1.54, 1.807) is 0 Å². The lowest BCUT2D eigenvalue weighted by atomic mass is 9.73. The van der Waals surface area contributed by atoms with Crippen molar-refractivity contribution in [3.05, 3.63) is 35.9 Å². The fourth-order valence-corrected chi connectivity index (χ4v) is 6.40. The summed E-state index contributed by atoms with van der Waals surface area (Å²) >= 11 is 0. The highest BCUT2D eigenvalue weighted by Crippen LogP contribution is 2.45. The van der Waals surface area contributed by atoms with Crippen LogP contribution in [0, 0.1) is 11.8 Å². The first-order valence-electron chi connectivity index (χ1n) is 12.1. The lowest BCUT2D eigenvalue weighted by Gasteiger charge is -2.43. The summed E-state index contributed by atoms with van der Waals surface area (Å²) in [7, 11) is 0. The first-order valence-corrected chi connectivity index (χ1v) is 12.1. The molecule has 8 nitrogen and oxygen atoms in total. The van der Waals surface area contributed by atoms with Gasteiger partial charge in [-0.1, -0.05) is 36.8 Å². The fourth-order valence-electron chi connectivity index (χ4n) is 6.40. The average Bonchev–Trinajstić information content (AvgIpc) is 3.29. The minimum absolute atomic E-state index is 0.00165. The number of carbonyl (C=O) groups is 4. The van der Waals surface area contributed by atoms with Gasteiger partial charge in [0.2, 0.25) is 5.91 Å². The second kappa shape index (κ2) is 8.47. The third-order valence-corrected chi connectivity index (χ3v) is 8.12. The Kier molecular flexibility index (Phi) is 5.62. The topological polar surface area (TPSA) is 105 Å². The molecule has 4 aliphatic rings. The number of amides is 4. The monoisotopic (exact) mass is 453 g/mol. The summed E-state index contributed by atoms with van der Waals surface area (Å²) in [6.45, 7) is 1.01. The maximum atomic E-state index is 13.5. The van der Waals surface area contributed by atoms with Gasteiger partial charge >= 0.3 is 12.0 Å². The van der Waals surface area contributed by atoms with Gasteiger partial charge in [-0.15, -0.1) is 0 Å². The zero-order valence-corrected chi connectivity index (χ0v) is 18.8. The predicted octanol–water partition coefficient (Wildman–Crippen LogP) is 2.31. The standard InChI is InChI=1S/C25H31N3O5/c29-20-15-19(24(33-20)11-5-2-6-12-24)21(30)28-13-9-18(10-14-28)25(22(31)26-23(32)27-25)16-17-7-3-1-4-8-17/h1,3-4,7-8,18-19H,2,5-6,9-16H2,(H2,26,27,31,32)/t19-,25-/m1/s1. The second-order valence-electron chi connectivity index (χ2n) is 10.00. The Morgan fingerprint density at radius 3 is 2.36 bits per heavy atom. The average molecular weight is 454 g/mol. The van der Waals surface area contributed by atoms with Crippen molar-refractivity contribution in [3.8, 4) is 0 Å². The van der Waals surface area contributed by atoms with E-state index in [-0.39, 0.29) is 30.1 Å². The molecule has 8 heteroatoms. The van der Waals surface area contributed by atoms with Gasteiger partial charge in [0.05, 0.1) is 12.3 Å². The summed E-state index contributed by atoms with van der Waals surface area (Å²) in [5.41, 5.74) is -0.656. The predicted molar refractivity (Wildman–Crippen MR) is 119 cm³/mol. The molecule has 0 unspecified atom stereocenters. The molecule has 1 aromatic rings. The van der Waals surface area contributed by atoms with Crippen LogP contribution in [-0.2, 0) is 25.5 Å². The SMILES string of the molecule is O=C1NC(=O)[C@@](Cc2ccccc2)(C2CCN(C(=O)[C@H]3CC(=O)OC34CCCCC4)CC2)N1. The third-order valence-electron chi connectivity index (χ3n) is 8.12. The first kappa shape index (κ1) is 21.9. The highest BCUT2D eigenvalue weighted by Gasteiger charge is 2.56. The number of benzene rings is 1. The molecule has 1 aromatic carbocycles. The largest absolute Gasteiger partial charge is 0.458 e. The van der Waals surface area contributed by atoms with E-state index in [4.69, 9.17) is 4.74 Å². The lowest BCUT2D eigenvalue weighted by Crippen LogP contribution is -2.58. The van der Waals surface area contributed by atoms with Gasteiger partial charge in [0.15, 0.2) is 0 Å². The number of piperidine rings is 1. The fraction of sp³-hybridized carbons (Fsp3) is 0.600. The number of carbonyl (C=O) groups excluding carboxylic acids is 4. The minimum Gasteiger partial charge on any atom is -0.458 e. The smallest absolute Gasteiger partial charge is 0.322 e. The zero-order valence-electron chi connectivity index (χ0n) is 18.8. The summed E-state index contributed by atoms with van der Waals surface area (Å²) in [6.07, 6.45) is 6.40. The zero-order chi connectivity index (χ0) is 23.1. The highest BCUT2D eigenvalue weighted by molar-refractivity contribution is 6.07. The summed E-state index contributed by atoms with van der Waals surface area (Å²) in [6, 6.07) is 9.22. The van der Waals surface area contributed by atoms with Crippen LogP contribution in [0.15, 0.2) is 30.3 Å². The molecule has 0 aromatic heterocycles. The first-order chi connectivity index (χ1) is 15.9. The maximum absolute atomic E-state index is 13.5. The molecule has 1 aliphatic carbocycles. The van der Waals surface area contributed by atoms with Crippen molar-refractivity contribution in [2.45, 2.75) is 68.9 Å². The Morgan fingerprint density at radius 2 is 1.73 bits per heavy atom. The van der Waals surface area contributed by atoms with Gasteiger partial charge in [-0.25, -0.2) is 4.79 Å². The van der Waals surface area contributed by atoms with Crippen molar-refractivity contribution in [2.75, 3.05) is 13.1 Å². The van der Waals surface area contributed by atoms with Crippen molar-refractivity contribution in [1.82, 2.24) is 15.5 Å². The van der Waals surface area contributed by atoms with Crippen molar-refractivity contribution in [1.29, 1.82) is 0 Å². The number of ether oxygens (including phenoxy) is 1. The van der Waals surface area contributed by atoms with E-state index in [2.05, 4.69) is 10.6 Å². The summed E-state index contributed by atoms with van der Waals surface area (Å²) in [4.78, 5) is 52.5. The molecule has 1 spiro atoms. The van der Waals surface area contributed by atoms with Gasteiger partial charge in [-0.2, -0.15) is 0 Å². The van der Waals surface area contributed by atoms with E-state index in [0.717, 1.165) is 37.7 Å². The van der Waals surface area contributed by atoms with E-state index in [9.17, 15) is 19.2 Å². The molecule has 0 radical (unpaired) electrons. The number of hydrogen-bond donors (Lipinski definition) is 2. The molecular formula is C25H31N3O5. The maximum Gasteiger partial charge on any atom is 0.322 e. The van der Waals surface area contributed by atoms with Crippen molar-refractivity contribution in [3.63, 3.8) is 0 Å². The van der Waals surface area contributed by atoms with E-state index >= 15 is 0 Å². The Morgan fingerprint density at radius 1 is 1.03 bits per heavy atom. The summed E-state index contributed by atoms with van der Waals surface area (Å²) in [5, 5.41) is 5.34. The van der Waals surface area contributed by atoms with E-state index in [1.807, 2.05) is 35.2 Å². The van der Waals surface area contributed by atoms with Crippen LogP contribution in [0.5, 0.6) is 0 Å². The molecule has 4 amide bonds. The van der Waals surface area contributed by atoms with Gasteiger partial charge in [0, 0.05) is 19.5 Å². The molecule has 3 aliphatic heterocycles. The van der Waals surface area contributed by atoms with Crippen LogP contribution in [0.1, 0.15) is 56.9 Å². The third kappa shape index (κ3) is 3.89. The highest BCUT2D eigenvalue weighted by atomic mass is 16.6. The minimum atomic E-state index is -1.01. The number of urea groups is 1. The van der Waals surface area contributed by atoms with Crippen molar-refractivity contribution >= 4 is 23.8 Å². The van der Waals surface area contributed by atoms with E-state index in [0.29, 0.717) is 32.4 Å². The van der Waals surface area contributed by atoms with Gasteiger partial charge in [0.1, 0.15) is 11.1 Å². The molecule has 2 atom stereocenters. The number of nitrogens with zero attached hydrogens (tertiary/aromatic N) is 1. The molecule has 4 fully saturated rings.